The van der Waals surface area contributed by atoms with Crippen LogP contribution in [-0.2, 0) is 4.74 Å². The first-order valence-electron chi connectivity index (χ1n) is 8.28. The van der Waals surface area contributed by atoms with Crippen molar-refractivity contribution in [1.82, 2.24) is 19.9 Å². The first kappa shape index (κ1) is 15.7. The number of thiophene rings is 1. The summed E-state index contributed by atoms with van der Waals surface area (Å²) in [6, 6.07) is 2.11. The second kappa shape index (κ2) is 6.58. The van der Waals surface area contributed by atoms with Gasteiger partial charge in [-0.1, -0.05) is 0 Å². The molecular weight excluding hydrogens is 322 g/mol. The minimum Gasteiger partial charge on any atom is -0.379 e. The van der Waals surface area contributed by atoms with Gasteiger partial charge in [0.2, 0.25) is 0 Å². The third-order valence-corrected chi connectivity index (χ3v) is 5.45. The van der Waals surface area contributed by atoms with Crippen LogP contribution in [0.4, 0.5) is 5.82 Å². The summed E-state index contributed by atoms with van der Waals surface area (Å²) in [5.41, 5.74) is 3.27. The lowest BCUT2D eigenvalue weighted by Gasteiger charge is -2.26. The smallest absolute Gasteiger partial charge is 0.147 e. The van der Waals surface area contributed by atoms with E-state index in [1.54, 1.807) is 17.7 Å². The van der Waals surface area contributed by atoms with Crippen LogP contribution in [0.1, 0.15) is 11.3 Å². The Bertz CT molecular complexity index is 872. The first-order valence-corrected chi connectivity index (χ1v) is 9.09. The predicted octanol–water partition coefficient (Wildman–Crippen LogP) is 2.60. The number of ether oxygens (including phenoxy) is 1. The van der Waals surface area contributed by atoms with Gasteiger partial charge in [0.1, 0.15) is 17.0 Å². The maximum absolute atomic E-state index is 5.39. The molecule has 4 heterocycles. The number of aryl methyl sites for hydroxylation is 2. The second-order valence-electron chi connectivity index (χ2n) is 6.14. The fraction of sp³-hybridized carbons (Fsp3) is 0.471. The van der Waals surface area contributed by atoms with Crippen molar-refractivity contribution in [2.45, 2.75) is 13.8 Å². The van der Waals surface area contributed by atoms with Crippen LogP contribution in [0.15, 0.2) is 12.4 Å². The van der Waals surface area contributed by atoms with Crippen molar-refractivity contribution in [1.29, 1.82) is 0 Å². The summed E-state index contributed by atoms with van der Waals surface area (Å²) >= 11 is 1.67. The van der Waals surface area contributed by atoms with E-state index in [0.29, 0.717) is 0 Å². The summed E-state index contributed by atoms with van der Waals surface area (Å²) < 4.78 is 6.48. The SMILES string of the molecule is Cc1cc(C)c2c(n1)sc1c(NCCN3CCOCC3)ncnc12. The van der Waals surface area contributed by atoms with Crippen LogP contribution in [-0.4, -0.2) is 59.2 Å². The lowest BCUT2D eigenvalue weighted by Crippen LogP contribution is -2.39. The Labute approximate surface area is 144 Å². The van der Waals surface area contributed by atoms with Crippen molar-refractivity contribution in [3.63, 3.8) is 0 Å². The maximum atomic E-state index is 5.39. The quantitative estimate of drug-likeness (QED) is 0.786. The molecule has 1 aliphatic heterocycles. The molecule has 4 rings (SSSR count). The number of nitrogens with zero attached hydrogens (tertiary/aromatic N) is 4. The molecule has 0 saturated carbocycles. The zero-order valence-electron chi connectivity index (χ0n) is 14.0. The molecule has 1 saturated heterocycles. The Hall–Kier alpha value is -1.83. The highest BCUT2D eigenvalue weighted by Crippen LogP contribution is 2.36. The van der Waals surface area contributed by atoms with Crippen LogP contribution in [0.25, 0.3) is 20.4 Å². The van der Waals surface area contributed by atoms with Crippen LogP contribution in [0.3, 0.4) is 0 Å². The molecule has 6 nitrogen and oxygen atoms in total. The summed E-state index contributed by atoms with van der Waals surface area (Å²) in [4.78, 5) is 17.1. The molecule has 1 N–H and O–H groups in total. The molecule has 0 aliphatic carbocycles. The Morgan fingerprint density at radius 2 is 2.08 bits per heavy atom. The molecule has 0 unspecified atom stereocenters. The van der Waals surface area contributed by atoms with E-state index >= 15 is 0 Å². The van der Waals surface area contributed by atoms with Gasteiger partial charge < -0.3 is 10.1 Å². The second-order valence-corrected chi connectivity index (χ2v) is 7.14. The number of rotatable bonds is 4. The molecule has 3 aromatic rings. The van der Waals surface area contributed by atoms with Gasteiger partial charge in [0.25, 0.3) is 0 Å². The van der Waals surface area contributed by atoms with Crippen LogP contribution in [0.5, 0.6) is 0 Å². The van der Waals surface area contributed by atoms with Gasteiger partial charge in [0.15, 0.2) is 0 Å². The van der Waals surface area contributed by atoms with Crippen LogP contribution in [0.2, 0.25) is 0 Å². The van der Waals surface area contributed by atoms with E-state index in [-0.39, 0.29) is 0 Å². The molecule has 0 radical (unpaired) electrons. The normalized spacial score (nSPS) is 16.1. The molecule has 1 fully saturated rings. The summed E-state index contributed by atoms with van der Waals surface area (Å²) in [5, 5.41) is 4.63. The van der Waals surface area contributed by atoms with Gasteiger partial charge in [0.05, 0.1) is 23.4 Å². The highest BCUT2D eigenvalue weighted by Gasteiger charge is 2.15. The van der Waals surface area contributed by atoms with Crippen molar-refractivity contribution in [2.75, 3.05) is 44.7 Å². The fourth-order valence-electron chi connectivity index (χ4n) is 3.19. The Morgan fingerprint density at radius 3 is 2.92 bits per heavy atom. The number of morpholine rings is 1. The molecule has 126 valence electrons. The molecule has 1 aliphatic rings. The molecule has 0 aromatic carbocycles. The number of anilines is 1. The largest absolute Gasteiger partial charge is 0.379 e. The maximum Gasteiger partial charge on any atom is 0.147 e. The highest BCUT2D eigenvalue weighted by molar-refractivity contribution is 7.26. The van der Waals surface area contributed by atoms with Crippen molar-refractivity contribution in [3.05, 3.63) is 23.7 Å². The minimum absolute atomic E-state index is 0.832. The molecule has 0 atom stereocenters. The number of fused-ring (bicyclic) bond motifs is 3. The van der Waals surface area contributed by atoms with Gasteiger partial charge in [-0.3, -0.25) is 4.90 Å². The molecule has 7 heteroatoms. The van der Waals surface area contributed by atoms with E-state index in [2.05, 4.69) is 38.2 Å². The van der Waals surface area contributed by atoms with Gasteiger partial charge >= 0.3 is 0 Å². The summed E-state index contributed by atoms with van der Waals surface area (Å²) in [7, 11) is 0. The van der Waals surface area contributed by atoms with E-state index < -0.39 is 0 Å². The first-order chi connectivity index (χ1) is 11.7. The van der Waals surface area contributed by atoms with Gasteiger partial charge in [-0.25, -0.2) is 15.0 Å². The van der Waals surface area contributed by atoms with E-state index in [1.807, 2.05) is 6.92 Å². The third kappa shape index (κ3) is 2.94. The minimum atomic E-state index is 0.832. The summed E-state index contributed by atoms with van der Waals surface area (Å²) in [6.45, 7) is 9.69. The van der Waals surface area contributed by atoms with E-state index in [9.17, 15) is 0 Å². The highest BCUT2D eigenvalue weighted by atomic mass is 32.1. The average molecular weight is 343 g/mol. The Kier molecular flexibility index (Phi) is 4.30. The van der Waals surface area contributed by atoms with Crippen molar-refractivity contribution >= 4 is 37.6 Å². The van der Waals surface area contributed by atoms with Gasteiger partial charge in [-0.05, 0) is 25.5 Å². The molecular formula is C17H21N5OS. The lowest BCUT2D eigenvalue weighted by atomic mass is 10.1. The van der Waals surface area contributed by atoms with Gasteiger partial charge in [-0.15, -0.1) is 11.3 Å². The molecule has 24 heavy (non-hydrogen) atoms. The predicted molar refractivity (Wildman–Crippen MR) is 97.9 cm³/mol. The van der Waals surface area contributed by atoms with Crippen LogP contribution >= 0.6 is 11.3 Å². The van der Waals surface area contributed by atoms with Crippen molar-refractivity contribution < 1.29 is 4.74 Å². The van der Waals surface area contributed by atoms with E-state index in [4.69, 9.17) is 4.74 Å². The zero-order valence-corrected chi connectivity index (χ0v) is 14.8. The van der Waals surface area contributed by atoms with E-state index in [1.165, 1.54) is 5.56 Å². The number of aromatic nitrogens is 3. The molecule has 0 bridgehead atoms. The molecule has 0 amide bonds. The van der Waals surface area contributed by atoms with Crippen molar-refractivity contribution in [3.8, 4) is 0 Å². The van der Waals surface area contributed by atoms with E-state index in [0.717, 1.165) is 71.3 Å². The van der Waals surface area contributed by atoms with Crippen LogP contribution < -0.4 is 5.32 Å². The molecule has 0 spiro atoms. The third-order valence-electron chi connectivity index (χ3n) is 4.38. The molecule has 3 aromatic heterocycles. The summed E-state index contributed by atoms with van der Waals surface area (Å²) in [6.07, 6.45) is 1.64. The Balaban J connectivity index is 1.60. The number of nitrogens with one attached hydrogen (secondary N) is 1. The lowest BCUT2D eigenvalue weighted by molar-refractivity contribution is 0.0398. The average Bonchev–Trinajstić information content (AvgIpc) is 2.95. The number of hydrogen-bond donors (Lipinski definition) is 1. The topological polar surface area (TPSA) is 63.2 Å². The zero-order chi connectivity index (χ0) is 16.5. The standard InChI is InChI=1S/C17H21N5OS/c1-11-9-12(2)21-17-13(11)14-15(24-17)16(20-10-19-14)18-3-4-22-5-7-23-8-6-22/h9-10H,3-8H2,1-2H3,(H,18,19,20). The fourth-order valence-corrected chi connectivity index (χ4v) is 4.41. The summed E-state index contributed by atoms with van der Waals surface area (Å²) in [5.74, 6) is 0.910. The monoisotopic (exact) mass is 343 g/mol. The van der Waals surface area contributed by atoms with Crippen LogP contribution in [0, 0.1) is 13.8 Å². The Morgan fingerprint density at radius 1 is 1.25 bits per heavy atom. The van der Waals surface area contributed by atoms with Crippen molar-refractivity contribution in [2.24, 2.45) is 0 Å². The van der Waals surface area contributed by atoms with Gasteiger partial charge in [-0.2, -0.15) is 0 Å². The number of hydrogen-bond acceptors (Lipinski definition) is 7. The number of pyridine rings is 1. The van der Waals surface area contributed by atoms with Gasteiger partial charge in [0, 0.05) is 37.3 Å².